The van der Waals surface area contributed by atoms with E-state index in [9.17, 15) is 4.39 Å². The van der Waals surface area contributed by atoms with E-state index >= 15 is 0 Å². The number of hydrogen-bond acceptors (Lipinski definition) is 5. The molecule has 1 saturated heterocycles. The van der Waals surface area contributed by atoms with Gasteiger partial charge in [0.15, 0.2) is 0 Å². The van der Waals surface area contributed by atoms with Crippen molar-refractivity contribution in [1.82, 2.24) is 20.5 Å². The summed E-state index contributed by atoms with van der Waals surface area (Å²) in [5.41, 5.74) is 5.51. The van der Waals surface area contributed by atoms with Crippen molar-refractivity contribution in [1.29, 1.82) is 0 Å². The Bertz CT molecular complexity index is 1090. The van der Waals surface area contributed by atoms with E-state index < -0.39 is 0 Å². The zero-order valence-electron chi connectivity index (χ0n) is 17.9. The molecule has 32 heavy (non-hydrogen) atoms. The second-order valence-electron chi connectivity index (χ2n) is 7.56. The van der Waals surface area contributed by atoms with Gasteiger partial charge in [0.05, 0.1) is 31.3 Å². The summed E-state index contributed by atoms with van der Waals surface area (Å²) in [6.07, 6.45) is 6.88. The van der Waals surface area contributed by atoms with Crippen molar-refractivity contribution in [3.8, 4) is 11.8 Å². The quantitative estimate of drug-likeness (QED) is 0.444. The molecule has 3 aromatic rings. The molecule has 0 unspecified atom stereocenters. The predicted molar refractivity (Wildman–Crippen MR) is 124 cm³/mol. The Labute approximate surface area is 187 Å². The van der Waals surface area contributed by atoms with Crippen molar-refractivity contribution in [2.24, 2.45) is 0 Å². The highest BCUT2D eigenvalue weighted by atomic mass is 19.1. The van der Waals surface area contributed by atoms with Gasteiger partial charge in [-0.3, -0.25) is 5.10 Å². The molecule has 1 aliphatic heterocycles. The van der Waals surface area contributed by atoms with Crippen LogP contribution in [-0.2, 0) is 11.2 Å². The lowest BCUT2D eigenvalue weighted by molar-refractivity contribution is 0.122. The number of anilines is 1. The number of H-pyrrole nitrogens is 1. The highest BCUT2D eigenvalue weighted by Crippen LogP contribution is 2.25. The van der Waals surface area contributed by atoms with Crippen LogP contribution in [0.1, 0.15) is 28.8 Å². The van der Waals surface area contributed by atoms with Crippen LogP contribution in [0.15, 0.2) is 55.5 Å². The monoisotopic (exact) mass is 431 g/mol. The number of nitrogens with zero attached hydrogens (tertiary/aromatic N) is 3. The van der Waals surface area contributed by atoms with Crippen LogP contribution in [0.4, 0.5) is 10.1 Å². The number of rotatable bonds is 7. The minimum Gasteiger partial charge on any atom is -0.385 e. The third-order valence-electron chi connectivity index (χ3n) is 5.28. The first-order chi connectivity index (χ1) is 15.7. The summed E-state index contributed by atoms with van der Waals surface area (Å²) in [6, 6.07) is 9.15. The van der Waals surface area contributed by atoms with Gasteiger partial charge in [0.1, 0.15) is 11.5 Å². The van der Waals surface area contributed by atoms with Crippen LogP contribution in [0.25, 0.3) is 5.70 Å². The molecule has 1 aromatic carbocycles. The lowest BCUT2D eigenvalue weighted by atomic mass is 10.0. The number of aromatic nitrogens is 3. The molecule has 0 saturated carbocycles. The minimum atomic E-state index is -0.373. The molecule has 4 rings (SSSR count). The first-order valence-electron chi connectivity index (χ1n) is 10.7. The molecule has 2 N–H and O–H groups in total. The number of aromatic amines is 1. The molecule has 1 fully saturated rings. The van der Waals surface area contributed by atoms with Crippen LogP contribution in [0.2, 0.25) is 0 Å². The topological polar surface area (TPSA) is 66.1 Å². The molecular formula is C25H26FN5O. The largest absolute Gasteiger partial charge is 0.385 e. The highest BCUT2D eigenvalue weighted by molar-refractivity contribution is 5.70. The summed E-state index contributed by atoms with van der Waals surface area (Å²) in [6.45, 7) is 8.04. The number of nitrogens with one attached hydrogen (secondary N) is 2. The maximum absolute atomic E-state index is 13.2. The molecule has 0 atom stereocenters. The van der Waals surface area contributed by atoms with Gasteiger partial charge in [0.25, 0.3) is 0 Å². The van der Waals surface area contributed by atoms with E-state index in [4.69, 9.17) is 4.74 Å². The Morgan fingerprint density at radius 1 is 1.19 bits per heavy atom. The second-order valence-corrected chi connectivity index (χ2v) is 7.56. The molecule has 6 nitrogen and oxygen atoms in total. The van der Waals surface area contributed by atoms with Crippen molar-refractivity contribution in [3.05, 3.63) is 83.7 Å². The van der Waals surface area contributed by atoms with Crippen LogP contribution in [0.5, 0.6) is 0 Å². The normalized spacial score (nSPS) is 13.3. The van der Waals surface area contributed by atoms with Gasteiger partial charge >= 0.3 is 0 Å². The summed E-state index contributed by atoms with van der Waals surface area (Å²) in [5, 5.41) is 10.2. The average Bonchev–Trinajstić information content (AvgIpc) is 3.35. The minimum absolute atomic E-state index is 0.373. The van der Waals surface area contributed by atoms with Crippen LogP contribution >= 0.6 is 0 Å². The maximum atomic E-state index is 13.2. The number of pyridine rings is 1. The van der Waals surface area contributed by atoms with E-state index in [0.717, 1.165) is 55.0 Å². The van der Waals surface area contributed by atoms with Gasteiger partial charge in [0.2, 0.25) is 0 Å². The summed E-state index contributed by atoms with van der Waals surface area (Å²) in [4.78, 5) is 6.32. The predicted octanol–water partition coefficient (Wildman–Crippen LogP) is 3.37. The van der Waals surface area contributed by atoms with Crippen molar-refractivity contribution < 1.29 is 9.13 Å². The van der Waals surface area contributed by atoms with Crippen molar-refractivity contribution in [2.45, 2.75) is 12.8 Å². The molecule has 7 heteroatoms. The molecule has 0 amide bonds. The third kappa shape index (κ3) is 5.74. The molecule has 1 aliphatic rings. The number of halogens is 1. The summed E-state index contributed by atoms with van der Waals surface area (Å²) in [5.74, 6) is 5.91. The Morgan fingerprint density at radius 2 is 2.06 bits per heavy atom. The van der Waals surface area contributed by atoms with Gasteiger partial charge in [-0.25, -0.2) is 9.37 Å². The van der Waals surface area contributed by atoms with Gasteiger partial charge in [-0.05, 0) is 54.2 Å². The Kier molecular flexibility index (Phi) is 7.15. The zero-order chi connectivity index (χ0) is 22.2. The Hall–Kier alpha value is -3.63. The molecular weight excluding hydrogens is 405 g/mol. The molecule has 0 spiro atoms. The van der Waals surface area contributed by atoms with Gasteiger partial charge < -0.3 is 15.0 Å². The fourth-order valence-electron chi connectivity index (χ4n) is 3.53. The molecule has 164 valence electrons. The smallest absolute Gasteiger partial charge is 0.141 e. The van der Waals surface area contributed by atoms with Crippen LogP contribution in [-0.4, -0.2) is 48.0 Å². The van der Waals surface area contributed by atoms with Gasteiger partial charge in [-0.2, -0.15) is 5.10 Å². The van der Waals surface area contributed by atoms with E-state index in [0.29, 0.717) is 18.9 Å². The SMILES string of the molecule is C=C(NCCCc1cn[nH]c1)c1ccc(N2CCOCC2)c(C#Cc2ccc(F)cn2)c1. The third-order valence-corrected chi connectivity index (χ3v) is 5.28. The lowest BCUT2D eigenvalue weighted by Gasteiger charge is -2.30. The van der Waals surface area contributed by atoms with Crippen molar-refractivity contribution >= 4 is 11.4 Å². The molecule has 0 radical (unpaired) electrons. The van der Waals surface area contributed by atoms with Gasteiger partial charge in [-0.15, -0.1) is 0 Å². The van der Waals surface area contributed by atoms with E-state index in [1.807, 2.05) is 18.5 Å². The molecule has 2 aromatic heterocycles. The van der Waals surface area contributed by atoms with E-state index in [-0.39, 0.29) is 5.82 Å². The molecule has 3 heterocycles. The average molecular weight is 432 g/mol. The standard InChI is InChI=1S/C25H26FN5O/c1-19(27-10-2-3-20-16-29-30-17-20)21-5-9-25(31-11-13-32-14-12-31)22(15-21)4-7-24-8-6-23(26)18-28-24/h5-6,8-9,15-18,27H,1-3,10-14H2,(H,29,30). The highest BCUT2D eigenvalue weighted by Gasteiger charge is 2.15. The maximum Gasteiger partial charge on any atom is 0.141 e. The second kappa shape index (κ2) is 10.6. The molecule has 0 aliphatic carbocycles. The fourth-order valence-corrected chi connectivity index (χ4v) is 3.53. The van der Waals surface area contributed by atoms with Crippen LogP contribution in [0.3, 0.4) is 0 Å². The van der Waals surface area contributed by atoms with E-state index in [1.165, 1.54) is 17.8 Å². The zero-order valence-corrected chi connectivity index (χ0v) is 17.9. The summed E-state index contributed by atoms with van der Waals surface area (Å²) in [7, 11) is 0. The number of morpholine rings is 1. The van der Waals surface area contributed by atoms with E-state index in [1.54, 1.807) is 6.07 Å². The number of aryl methyl sites for hydroxylation is 1. The molecule has 0 bridgehead atoms. The van der Waals surface area contributed by atoms with Crippen molar-refractivity contribution in [2.75, 3.05) is 37.7 Å². The fraction of sp³-hybridized carbons (Fsp3) is 0.280. The number of benzene rings is 1. The van der Waals surface area contributed by atoms with Gasteiger partial charge in [0, 0.05) is 37.1 Å². The first kappa shape index (κ1) is 21.6. The summed E-state index contributed by atoms with van der Waals surface area (Å²) < 4.78 is 18.6. The van der Waals surface area contributed by atoms with E-state index in [2.05, 4.69) is 56.0 Å². The van der Waals surface area contributed by atoms with Crippen molar-refractivity contribution in [3.63, 3.8) is 0 Å². The first-order valence-corrected chi connectivity index (χ1v) is 10.7. The summed E-state index contributed by atoms with van der Waals surface area (Å²) >= 11 is 0. The lowest BCUT2D eigenvalue weighted by Crippen LogP contribution is -2.36. The Balaban J connectivity index is 1.49. The van der Waals surface area contributed by atoms with Crippen LogP contribution in [0, 0.1) is 17.7 Å². The van der Waals surface area contributed by atoms with Crippen LogP contribution < -0.4 is 10.2 Å². The van der Waals surface area contributed by atoms with Gasteiger partial charge in [-0.1, -0.05) is 18.6 Å². The number of hydrogen-bond donors (Lipinski definition) is 2. The Morgan fingerprint density at radius 3 is 2.81 bits per heavy atom. The number of ether oxygens (including phenoxy) is 1.